The molecule has 0 spiro atoms. The van der Waals surface area contributed by atoms with Crippen LogP contribution < -0.4 is 0 Å². The second-order valence-electron chi connectivity index (χ2n) is 6.89. The number of fused-ring (bicyclic) bond motifs is 2. The van der Waals surface area contributed by atoms with E-state index in [1.807, 2.05) is 30.5 Å². The normalized spacial score (nSPS) is 11.4. The van der Waals surface area contributed by atoms with E-state index < -0.39 is 0 Å². The van der Waals surface area contributed by atoms with Gasteiger partial charge in [0.2, 0.25) is 0 Å². The summed E-state index contributed by atoms with van der Waals surface area (Å²) in [7, 11) is 0. The van der Waals surface area contributed by atoms with Crippen LogP contribution in [0, 0.1) is 0 Å². The van der Waals surface area contributed by atoms with E-state index in [0.29, 0.717) is 0 Å². The van der Waals surface area contributed by atoms with E-state index in [9.17, 15) is 0 Å². The molecule has 0 aliphatic carbocycles. The second kappa shape index (κ2) is 6.17. The van der Waals surface area contributed by atoms with Crippen LogP contribution in [0.4, 0.5) is 0 Å². The Hall–Kier alpha value is -4.19. The molecule has 1 aromatic carbocycles. The summed E-state index contributed by atoms with van der Waals surface area (Å²) in [6.45, 7) is 0. The molecule has 0 atom stereocenters. The topological polar surface area (TPSA) is 83.4 Å². The largest absolute Gasteiger partial charge is 0.472 e. The maximum absolute atomic E-state index is 5.27. The standard InChI is InChI=1S/C23H15N5O/c1-2-16(15-6-9-29-13-15)17-10-21(26-19(17)3-1)23-18-11-20(14-4-7-24-8-5-14)25-12-22(18)27-28-23/h1-13,26H,(H,27,28). The van der Waals surface area contributed by atoms with Crippen LogP contribution in [-0.2, 0) is 0 Å². The van der Waals surface area contributed by atoms with Gasteiger partial charge in [0, 0.05) is 39.8 Å². The number of benzene rings is 1. The molecule has 0 aliphatic rings. The van der Waals surface area contributed by atoms with Crippen molar-refractivity contribution in [2.45, 2.75) is 0 Å². The number of hydrogen-bond acceptors (Lipinski definition) is 4. The predicted octanol–water partition coefficient (Wildman–Crippen LogP) is 5.43. The Labute approximate surface area is 165 Å². The number of aromatic amines is 2. The zero-order valence-electron chi connectivity index (χ0n) is 15.3. The van der Waals surface area contributed by atoms with E-state index >= 15 is 0 Å². The molecule has 2 N–H and O–H groups in total. The van der Waals surface area contributed by atoms with E-state index in [-0.39, 0.29) is 0 Å². The van der Waals surface area contributed by atoms with Crippen molar-refractivity contribution in [2.75, 3.05) is 0 Å². The van der Waals surface area contributed by atoms with Gasteiger partial charge in [-0.3, -0.25) is 15.1 Å². The molecule has 0 bridgehead atoms. The number of nitrogens with one attached hydrogen (secondary N) is 2. The number of pyridine rings is 2. The Kier molecular flexibility index (Phi) is 3.37. The lowest BCUT2D eigenvalue weighted by Gasteiger charge is -2.00. The fraction of sp³-hybridized carbons (Fsp3) is 0. The highest BCUT2D eigenvalue weighted by Gasteiger charge is 2.15. The Morgan fingerprint density at radius 3 is 2.66 bits per heavy atom. The summed E-state index contributed by atoms with van der Waals surface area (Å²) in [5.74, 6) is 0. The molecule has 29 heavy (non-hydrogen) atoms. The molecule has 5 heterocycles. The first-order valence-corrected chi connectivity index (χ1v) is 9.26. The van der Waals surface area contributed by atoms with Crippen molar-refractivity contribution in [1.29, 1.82) is 0 Å². The maximum atomic E-state index is 5.27. The Morgan fingerprint density at radius 2 is 1.79 bits per heavy atom. The van der Waals surface area contributed by atoms with Crippen LogP contribution in [0.25, 0.3) is 55.6 Å². The summed E-state index contributed by atoms with van der Waals surface area (Å²) in [6.07, 6.45) is 8.81. The van der Waals surface area contributed by atoms with Gasteiger partial charge < -0.3 is 9.40 Å². The van der Waals surface area contributed by atoms with E-state index in [2.05, 4.69) is 49.4 Å². The van der Waals surface area contributed by atoms with Crippen LogP contribution in [0.5, 0.6) is 0 Å². The number of furan rings is 1. The Morgan fingerprint density at radius 1 is 0.862 bits per heavy atom. The van der Waals surface area contributed by atoms with Gasteiger partial charge in [-0.1, -0.05) is 12.1 Å². The van der Waals surface area contributed by atoms with Crippen molar-refractivity contribution < 1.29 is 4.42 Å². The van der Waals surface area contributed by atoms with Gasteiger partial charge in [-0.05, 0) is 42.0 Å². The minimum absolute atomic E-state index is 0.868. The van der Waals surface area contributed by atoms with Crippen molar-refractivity contribution in [1.82, 2.24) is 25.1 Å². The first-order chi connectivity index (χ1) is 14.4. The van der Waals surface area contributed by atoms with Crippen molar-refractivity contribution in [3.8, 4) is 33.8 Å². The molecule has 6 aromatic rings. The van der Waals surface area contributed by atoms with Crippen molar-refractivity contribution >= 4 is 21.8 Å². The minimum atomic E-state index is 0.868. The van der Waals surface area contributed by atoms with Crippen molar-refractivity contribution in [3.05, 3.63) is 79.6 Å². The second-order valence-corrected chi connectivity index (χ2v) is 6.89. The summed E-state index contributed by atoms with van der Waals surface area (Å²) in [6, 6.07) is 16.3. The number of hydrogen-bond donors (Lipinski definition) is 2. The summed E-state index contributed by atoms with van der Waals surface area (Å²) in [5, 5.41) is 9.80. The monoisotopic (exact) mass is 377 g/mol. The Balaban J connectivity index is 1.53. The Bertz CT molecular complexity index is 1450. The SMILES string of the molecule is c1cc(-c2ccoc2)c2cc(-c3n[nH]c4cnc(-c5ccncc5)cc34)[nH]c2c1. The van der Waals surface area contributed by atoms with Gasteiger partial charge in [-0.2, -0.15) is 5.10 Å². The molecule has 0 amide bonds. The number of rotatable bonds is 3. The lowest BCUT2D eigenvalue weighted by molar-refractivity contribution is 0.568. The molecule has 0 fully saturated rings. The molecule has 0 saturated heterocycles. The van der Waals surface area contributed by atoms with Crippen molar-refractivity contribution in [3.63, 3.8) is 0 Å². The lowest BCUT2D eigenvalue weighted by atomic mass is 10.0. The molecule has 0 radical (unpaired) electrons. The van der Waals surface area contributed by atoms with Crippen LogP contribution >= 0.6 is 0 Å². The summed E-state index contributed by atoms with van der Waals surface area (Å²) in [4.78, 5) is 12.1. The third-order valence-corrected chi connectivity index (χ3v) is 5.17. The molecule has 138 valence electrons. The van der Waals surface area contributed by atoms with E-state index in [1.165, 1.54) is 0 Å². The fourth-order valence-corrected chi connectivity index (χ4v) is 3.75. The highest BCUT2D eigenvalue weighted by molar-refractivity contribution is 6.01. The van der Waals surface area contributed by atoms with Crippen LogP contribution in [0.15, 0.2) is 84.1 Å². The summed E-state index contributed by atoms with van der Waals surface area (Å²) < 4.78 is 5.27. The maximum Gasteiger partial charge on any atom is 0.116 e. The molecule has 6 rings (SSSR count). The van der Waals surface area contributed by atoms with E-state index in [4.69, 9.17) is 4.42 Å². The number of H-pyrrole nitrogens is 2. The minimum Gasteiger partial charge on any atom is -0.472 e. The highest BCUT2D eigenvalue weighted by atomic mass is 16.3. The van der Waals surface area contributed by atoms with Gasteiger partial charge in [0.1, 0.15) is 5.69 Å². The lowest BCUT2D eigenvalue weighted by Crippen LogP contribution is -1.84. The third-order valence-electron chi connectivity index (χ3n) is 5.17. The zero-order valence-corrected chi connectivity index (χ0v) is 15.3. The summed E-state index contributed by atoms with van der Waals surface area (Å²) in [5.41, 5.74) is 7.85. The van der Waals surface area contributed by atoms with Crippen LogP contribution in [0.2, 0.25) is 0 Å². The first kappa shape index (κ1) is 15.8. The van der Waals surface area contributed by atoms with Gasteiger partial charge in [0.05, 0.1) is 35.6 Å². The molecule has 6 heteroatoms. The van der Waals surface area contributed by atoms with Crippen molar-refractivity contribution in [2.24, 2.45) is 0 Å². The quantitative estimate of drug-likeness (QED) is 0.431. The zero-order chi connectivity index (χ0) is 19.2. The van der Waals surface area contributed by atoms with Gasteiger partial charge in [-0.25, -0.2) is 0 Å². The molecular weight excluding hydrogens is 362 g/mol. The fourth-order valence-electron chi connectivity index (χ4n) is 3.75. The van der Waals surface area contributed by atoms with E-state index in [1.54, 1.807) is 24.9 Å². The smallest absolute Gasteiger partial charge is 0.116 e. The number of nitrogens with zero attached hydrogens (tertiary/aromatic N) is 3. The van der Waals surface area contributed by atoms with Crippen LogP contribution in [0.3, 0.4) is 0 Å². The van der Waals surface area contributed by atoms with Crippen LogP contribution in [0.1, 0.15) is 0 Å². The van der Waals surface area contributed by atoms with Gasteiger partial charge in [0.15, 0.2) is 0 Å². The van der Waals surface area contributed by atoms with Gasteiger partial charge in [0.25, 0.3) is 0 Å². The van der Waals surface area contributed by atoms with E-state index in [0.717, 1.165) is 55.6 Å². The molecule has 0 unspecified atom stereocenters. The molecule has 6 nitrogen and oxygen atoms in total. The third kappa shape index (κ3) is 2.54. The molecule has 5 aromatic heterocycles. The van der Waals surface area contributed by atoms with Crippen LogP contribution in [-0.4, -0.2) is 25.1 Å². The average Bonchev–Trinajstić information content (AvgIpc) is 3.52. The highest BCUT2D eigenvalue weighted by Crippen LogP contribution is 2.34. The average molecular weight is 377 g/mol. The molecule has 0 aliphatic heterocycles. The predicted molar refractivity (Wildman–Crippen MR) is 112 cm³/mol. The van der Waals surface area contributed by atoms with Gasteiger partial charge in [-0.15, -0.1) is 0 Å². The molecular formula is C23H15N5O. The number of aromatic nitrogens is 5. The molecule has 0 saturated carbocycles. The van der Waals surface area contributed by atoms with Gasteiger partial charge >= 0.3 is 0 Å². The summed E-state index contributed by atoms with van der Waals surface area (Å²) >= 11 is 0. The first-order valence-electron chi connectivity index (χ1n) is 9.26.